The van der Waals surface area contributed by atoms with Gasteiger partial charge in [0.25, 0.3) is 0 Å². The zero-order valence-electron chi connectivity index (χ0n) is 10.9. The van der Waals surface area contributed by atoms with E-state index < -0.39 is 5.97 Å². The van der Waals surface area contributed by atoms with Crippen LogP contribution in [0.15, 0.2) is 30.6 Å². The Morgan fingerprint density at radius 3 is 2.95 bits per heavy atom. The van der Waals surface area contributed by atoms with Gasteiger partial charge in [0.1, 0.15) is 5.82 Å². The van der Waals surface area contributed by atoms with Crippen molar-refractivity contribution in [1.82, 2.24) is 9.55 Å². The zero-order chi connectivity index (χ0) is 13.8. The molecule has 0 saturated carbocycles. The van der Waals surface area contributed by atoms with E-state index in [4.69, 9.17) is 5.73 Å². The topological polar surface area (TPSA) is 82.2 Å². The van der Waals surface area contributed by atoms with E-state index in [-0.39, 0.29) is 0 Å². The summed E-state index contributed by atoms with van der Waals surface area (Å²) >= 11 is 0. The van der Waals surface area contributed by atoms with Crippen LogP contribution in [0.3, 0.4) is 0 Å². The number of esters is 1. The van der Waals surface area contributed by atoms with Crippen molar-refractivity contribution in [2.45, 2.75) is 6.54 Å². The van der Waals surface area contributed by atoms with Gasteiger partial charge in [-0.1, -0.05) is 6.07 Å². The fourth-order valence-electron chi connectivity index (χ4n) is 1.75. The van der Waals surface area contributed by atoms with Crippen LogP contribution in [-0.2, 0) is 18.3 Å². The first-order valence-corrected chi connectivity index (χ1v) is 5.80. The number of para-hydroxylation sites is 1. The number of hydrogen-bond acceptors (Lipinski definition) is 5. The molecule has 0 unspecified atom stereocenters. The second-order valence-corrected chi connectivity index (χ2v) is 4.07. The molecule has 0 aliphatic heterocycles. The first-order chi connectivity index (χ1) is 9.13. The van der Waals surface area contributed by atoms with Gasteiger partial charge in [-0.25, -0.2) is 9.78 Å². The average Bonchev–Trinajstić information content (AvgIpc) is 2.82. The third kappa shape index (κ3) is 2.67. The first kappa shape index (κ1) is 12.9. The number of anilines is 2. The van der Waals surface area contributed by atoms with Crippen LogP contribution in [0.5, 0.6) is 0 Å². The van der Waals surface area contributed by atoms with Gasteiger partial charge in [0.05, 0.1) is 30.6 Å². The van der Waals surface area contributed by atoms with Crippen LogP contribution in [0.4, 0.5) is 11.4 Å². The summed E-state index contributed by atoms with van der Waals surface area (Å²) in [6.07, 6.45) is 3.59. The van der Waals surface area contributed by atoms with E-state index in [1.165, 1.54) is 7.11 Å². The molecule has 0 fully saturated rings. The molecule has 0 saturated heterocycles. The van der Waals surface area contributed by atoms with Gasteiger partial charge in [0.15, 0.2) is 0 Å². The molecule has 2 rings (SSSR count). The number of carbonyl (C=O) groups is 1. The lowest BCUT2D eigenvalue weighted by molar-refractivity contribution is 0.0602. The molecule has 6 nitrogen and oxygen atoms in total. The lowest BCUT2D eigenvalue weighted by Crippen LogP contribution is -2.10. The quantitative estimate of drug-likeness (QED) is 0.641. The number of nitrogens with two attached hydrogens (primary N) is 1. The van der Waals surface area contributed by atoms with Crippen molar-refractivity contribution in [3.8, 4) is 0 Å². The molecule has 6 heteroatoms. The third-order valence-corrected chi connectivity index (χ3v) is 2.87. The molecule has 1 aromatic carbocycles. The number of ether oxygens (including phenoxy) is 1. The molecule has 0 atom stereocenters. The lowest BCUT2D eigenvalue weighted by atomic mass is 10.1. The smallest absolute Gasteiger partial charge is 0.340 e. The van der Waals surface area contributed by atoms with E-state index in [1.54, 1.807) is 18.3 Å². The molecule has 0 bridgehead atoms. The fraction of sp³-hybridized carbons (Fsp3) is 0.231. The van der Waals surface area contributed by atoms with Crippen LogP contribution in [0, 0.1) is 0 Å². The van der Waals surface area contributed by atoms with Crippen LogP contribution >= 0.6 is 0 Å². The molecule has 0 aliphatic rings. The molecule has 0 radical (unpaired) electrons. The van der Waals surface area contributed by atoms with E-state index in [0.29, 0.717) is 23.5 Å². The maximum absolute atomic E-state index is 11.5. The Kier molecular flexibility index (Phi) is 3.70. The number of aromatic nitrogens is 2. The second kappa shape index (κ2) is 5.43. The molecular weight excluding hydrogens is 244 g/mol. The molecule has 1 heterocycles. The van der Waals surface area contributed by atoms with E-state index >= 15 is 0 Å². The van der Waals surface area contributed by atoms with Gasteiger partial charge in [0, 0.05) is 19.4 Å². The molecule has 0 spiro atoms. The molecule has 0 aliphatic carbocycles. The number of nitrogens with one attached hydrogen (secondary N) is 1. The summed E-state index contributed by atoms with van der Waals surface area (Å²) in [5.74, 6) is 0.431. The Morgan fingerprint density at radius 1 is 1.53 bits per heavy atom. The first-order valence-electron chi connectivity index (χ1n) is 5.80. The SMILES string of the molecule is COC(=O)c1cccc(NCc2nccn2C)c1N. The van der Waals surface area contributed by atoms with Crippen molar-refractivity contribution >= 4 is 17.3 Å². The van der Waals surface area contributed by atoms with Crippen LogP contribution in [0.2, 0.25) is 0 Å². The van der Waals surface area contributed by atoms with Crippen LogP contribution in [-0.4, -0.2) is 22.6 Å². The van der Waals surface area contributed by atoms with E-state index in [1.807, 2.05) is 23.9 Å². The molecule has 1 aromatic heterocycles. The minimum Gasteiger partial charge on any atom is -0.465 e. The number of carbonyl (C=O) groups excluding carboxylic acids is 1. The van der Waals surface area contributed by atoms with Crippen LogP contribution < -0.4 is 11.1 Å². The minimum atomic E-state index is -0.446. The van der Waals surface area contributed by atoms with E-state index in [0.717, 1.165) is 5.82 Å². The Hall–Kier alpha value is -2.50. The summed E-state index contributed by atoms with van der Waals surface area (Å²) in [5.41, 5.74) is 7.37. The minimum absolute atomic E-state index is 0.354. The Morgan fingerprint density at radius 2 is 2.32 bits per heavy atom. The second-order valence-electron chi connectivity index (χ2n) is 4.07. The van der Waals surface area contributed by atoms with Gasteiger partial charge >= 0.3 is 5.97 Å². The summed E-state index contributed by atoms with van der Waals surface area (Å²) < 4.78 is 6.59. The van der Waals surface area contributed by atoms with Gasteiger partial charge in [-0.3, -0.25) is 0 Å². The molecule has 0 amide bonds. The normalized spacial score (nSPS) is 10.2. The molecule has 19 heavy (non-hydrogen) atoms. The summed E-state index contributed by atoms with van der Waals surface area (Å²) in [6, 6.07) is 5.20. The van der Waals surface area contributed by atoms with Gasteiger partial charge in [-0.2, -0.15) is 0 Å². The average molecular weight is 260 g/mol. The lowest BCUT2D eigenvalue weighted by Gasteiger charge is -2.11. The number of nitrogens with zero attached hydrogens (tertiary/aromatic N) is 2. The third-order valence-electron chi connectivity index (χ3n) is 2.87. The fourth-order valence-corrected chi connectivity index (χ4v) is 1.75. The van der Waals surface area contributed by atoms with Crippen molar-refractivity contribution in [1.29, 1.82) is 0 Å². The van der Waals surface area contributed by atoms with Gasteiger partial charge in [-0.05, 0) is 12.1 Å². The number of hydrogen-bond donors (Lipinski definition) is 2. The monoisotopic (exact) mass is 260 g/mol. The predicted molar refractivity (Wildman–Crippen MR) is 72.7 cm³/mol. The highest BCUT2D eigenvalue weighted by atomic mass is 16.5. The standard InChI is InChI=1S/C13H16N4O2/c1-17-7-6-15-11(17)8-16-10-5-3-4-9(12(10)14)13(18)19-2/h3-7,16H,8,14H2,1-2H3. The number of nitrogen functional groups attached to an aromatic ring is 1. The summed E-state index contributed by atoms with van der Waals surface area (Å²) in [5, 5.41) is 3.16. The zero-order valence-corrected chi connectivity index (χ0v) is 10.9. The number of rotatable bonds is 4. The van der Waals surface area contributed by atoms with E-state index in [9.17, 15) is 4.79 Å². The maximum atomic E-state index is 11.5. The summed E-state index contributed by atoms with van der Waals surface area (Å²) in [7, 11) is 3.24. The molecule has 2 aromatic rings. The number of methoxy groups -OCH3 is 1. The largest absolute Gasteiger partial charge is 0.465 e. The van der Waals surface area contributed by atoms with Gasteiger partial charge in [-0.15, -0.1) is 0 Å². The van der Waals surface area contributed by atoms with Crippen molar-refractivity contribution in [2.24, 2.45) is 7.05 Å². The Balaban J connectivity index is 2.17. The van der Waals surface area contributed by atoms with Crippen molar-refractivity contribution in [3.63, 3.8) is 0 Å². The molecule has 3 N–H and O–H groups in total. The van der Waals surface area contributed by atoms with Crippen LogP contribution in [0.1, 0.15) is 16.2 Å². The maximum Gasteiger partial charge on any atom is 0.340 e. The summed E-state index contributed by atoms with van der Waals surface area (Å²) in [4.78, 5) is 15.7. The van der Waals surface area contributed by atoms with Crippen molar-refractivity contribution < 1.29 is 9.53 Å². The summed E-state index contributed by atoms with van der Waals surface area (Å²) in [6.45, 7) is 0.526. The Bertz CT molecular complexity index is 592. The van der Waals surface area contributed by atoms with Crippen molar-refractivity contribution in [3.05, 3.63) is 42.0 Å². The van der Waals surface area contributed by atoms with Gasteiger partial charge < -0.3 is 20.4 Å². The van der Waals surface area contributed by atoms with E-state index in [2.05, 4.69) is 15.0 Å². The van der Waals surface area contributed by atoms with Crippen molar-refractivity contribution in [2.75, 3.05) is 18.2 Å². The predicted octanol–water partition coefficient (Wildman–Crippen LogP) is 1.40. The molecular formula is C13H16N4O2. The Labute approximate surface area is 111 Å². The number of aryl methyl sites for hydroxylation is 1. The number of imidazole rings is 1. The highest BCUT2D eigenvalue weighted by Crippen LogP contribution is 2.23. The molecule has 100 valence electrons. The highest BCUT2D eigenvalue weighted by molar-refractivity contribution is 5.98. The highest BCUT2D eigenvalue weighted by Gasteiger charge is 2.12. The van der Waals surface area contributed by atoms with Gasteiger partial charge in [0.2, 0.25) is 0 Å². The van der Waals surface area contributed by atoms with Crippen LogP contribution in [0.25, 0.3) is 0 Å². The number of benzene rings is 1.